The molecule has 0 aliphatic carbocycles. The Morgan fingerprint density at radius 3 is 2.25 bits per heavy atom. The van der Waals surface area contributed by atoms with Gasteiger partial charge in [0.2, 0.25) is 0 Å². The van der Waals surface area contributed by atoms with E-state index in [-0.39, 0.29) is 5.56 Å². The van der Waals surface area contributed by atoms with Gasteiger partial charge in [-0.2, -0.15) is 0 Å². The normalized spacial score (nSPS) is 9.12. The van der Waals surface area contributed by atoms with Gasteiger partial charge in [0.15, 0.2) is 11.6 Å². The maximum absolute atomic E-state index is 13.3. The van der Waals surface area contributed by atoms with Crippen molar-refractivity contribution in [1.82, 2.24) is 0 Å². The Kier molecular flexibility index (Phi) is 5.42. The van der Waals surface area contributed by atoms with Crippen LogP contribution in [0, 0.1) is 18.6 Å². The predicted octanol–water partition coefficient (Wildman–Crippen LogP) is 3.01. The molecule has 1 N–H and O–H groups in total. The molecule has 1 rings (SSSR count). The molecule has 0 saturated carbocycles. The Hall–Kier alpha value is -1.65. The molecule has 3 nitrogen and oxygen atoms in total. The van der Waals surface area contributed by atoms with E-state index in [1.54, 1.807) is 0 Å². The average molecular weight is 232 g/mol. The summed E-state index contributed by atoms with van der Waals surface area (Å²) in [5.41, 5.74) is -0.778. The third-order valence-corrected chi connectivity index (χ3v) is 1.84. The van der Waals surface area contributed by atoms with Gasteiger partial charge in [0, 0.05) is 5.56 Å². The van der Waals surface area contributed by atoms with Gasteiger partial charge in [-0.25, -0.2) is 13.6 Å². The average Bonchev–Trinajstić information content (AvgIpc) is 2.28. The highest BCUT2D eigenvalue weighted by atomic mass is 19.1. The van der Waals surface area contributed by atoms with Gasteiger partial charge in [-0.1, -0.05) is 13.8 Å². The molecule has 0 aromatic heterocycles. The SMILES string of the molecule is CC.COc1c(C(=O)O)cc(F)c(C)c1F. The van der Waals surface area contributed by atoms with Crippen molar-refractivity contribution in [2.45, 2.75) is 20.8 Å². The molecule has 90 valence electrons. The minimum absolute atomic E-state index is 0.258. The number of methoxy groups -OCH3 is 1. The quantitative estimate of drug-likeness (QED) is 0.852. The Balaban J connectivity index is 0.00000106. The monoisotopic (exact) mass is 232 g/mol. The largest absolute Gasteiger partial charge is 0.493 e. The van der Waals surface area contributed by atoms with Gasteiger partial charge in [-0.05, 0) is 13.0 Å². The molecule has 0 fully saturated rings. The van der Waals surface area contributed by atoms with Crippen LogP contribution in [0.3, 0.4) is 0 Å². The van der Waals surface area contributed by atoms with E-state index < -0.39 is 28.9 Å². The lowest BCUT2D eigenvalue weighted by Crippen LogP contribution is -2.05. The van der Waals surface area contributed by atoms with Crippen molar-refractivity contribution in [1.29, 1.82) is 0 Å². The molecular weight excluding hydrogens is 218 g/mol. The number of aromatic carboxylic acids is 1. The van der Waals surface area contributed by atoms with Crippen LogP contribution in [0.2, 0.25) is 0 Å². The summed E-state index contributed by atoms with van der Waals surface area (Å²) >= 11 is 0. The molecule has 0 spiro atoms. The second-order valence-corrected chi connectivity index (χ2v) is 2.68. The number of benzene rings is 1. The van der Waals surface area contributed by atoms with Crippen LogP contribution in [0.4, 0.5) is 8.78 Å². The van der Waals surface area contributed by atoms with E-state index in [4.69, 9.17) is 5.11 Å². The van der Waals surface area contributed by atoms with Crippen LogP contribution in [0.1, 0.15) is 29.8 Å². The fourth-order valence-corrected chi connectivity index (χ4v) is 1.05. The highest BCUT2D eigenvalue weighted by Gasteiger charge is 2.20. The van der Waals surface area contributed by atoms with E-state index in [1.807, 2.05) is 13.8 Å². The number of halogens is 2. The molecule has 0 aliphatic rings. The zero-order valence-electron chi connectivity index (χ0n) is 9.60. The Morgan fingerprint density at radius 2 is 1.88 bits per heavy atom. The summed E-state index contributed by atoms with van der Waals surface area (Å²) in [6.07, 6.45) is 0. The maximum atomic E-state index is 13.3. The fourth-order valence-electron chi connectivity index (χ4n) is 1.05. The third-order valence-electron chi connectivity index (χ3n) is 1.84. The van der Waals surface area contributed by atoms with Gasteiger partial charge in [0.1, 0.15) is 11.4 Å². The van der Waals surface area contributed by atoms with Crippen molar-refractivity contribution in [2.75, 3.05) is 7.11 Å². The lowest BCUT2D eigenvalue weighted by molar-refractivity contribution is 0.0691. The summed E-state index contributed by atoms with van der Waals surface area (Å²) in [7, 11) is 1.13. The van der Waals surface area contributed by atoms with E-state index in [9.17, 15) is 13.6 Å². The minimum Gasteiger partial charge on any atom is -0.493 e. The summed E-state index contributed by atoms with van der Waals surface area (Å²) < 4.78 is 30.8. The number of hydrogen-bond acceptors (Lipinski definition) is 2. The first-order valence-electron chi connectivity index (χ1n) is 4.75. The number of carboxylic acid groups (broad SMARTS) is 1. The van der Waals surface area contributed by atoms with Crippen molar-refractivity contribution in [3.8, 4) is 5.75 Å². The molecule has 0 heterocycles. The topological polar surface area (TPSA) is 46.5 Å². The third kappa shape index (κ3) is 2.68. The summed E-state index contributed by atoms with van der Waals surface area (Å²) in [5, 5.41) is 8.62. The van der Waals surface area contributed by atoms with Crippen molar-refractivity contribution >= 4 is 5.97 Å². The fraction of sp³-hybridized carbons (Fsp3) is 0.364. The smallest absolute Gasteiger partial charge is 0.339 e. The number of hydrogen-bond donors (Lipinski definition) is 1. The zero-order chi connectivity index (χ0) is 12.9. The van der Waals surface area contributed by atoms with Gasteiger partial charge in [-0.3, -0.25) is 0 Å². The highest BCUT2D eigenvalue weighted by molar-refractivity contribution is 5.91. The molecular formula is C11H14F2O3. The number of carbonyl (C=O) groups is 1. The maximum Gasteiger partial charge on any atom is 0.339 e. The number of ether oxygens (including phenoxy) is 1. The zero-order valence-corrected chi connectivity index (χ0v) is 9.60. The van der Waals surface area contributed by atoms with Crippen molar-refractivity contribution in [3.63, 3.8) is 0 Å². The van der Waals surface area contributed by atoms with Crippen LogP contribution < -0.4 is 4.74 Å². The first-order chi connectivity index (χ1) is 7.49. The van der Waals surface area contributed by atoms with Crippen molar-refractivity contribution in [2.24, 2.45) is 0 Å². The van der Waals surface area contributed by atoms with E-state index in [0.29, 0.717) is 0 Å². The molecule has 0 saturated heterocycles. The highest BCUT2D eigenvalue weighted by Crippen LogP contribution is 2.27. The van der Waals surface area contributed by atoms with E-state index >= 15 is 0 Å². The second-order valence-electron chi connectivity index (χ2n) is 2.68. The van der Waals surface area contributed by atoms with Crippen LogP contribution >= 0.6 is 0 Å². The van der Waals surface area contributed by atoms with Crippen LogP contribution in [0.15, 0.2) is 6.07 Å². The molecule has 0 bridgehead atoms. The lowest BCUT2D eigenvalue weighted by atomic mass is 10.1. The molecule has 0 aliphatic heterocycles. The van der Waals surface area contributed by atoms with Crippen molar-refractivity contribution < 1.29 is 23.4 Å². The van der Waals surface area contributed by atoms with Crippen LogP contribution in [-0.4, -0.2) is 18.2 Å². The Labute approximate surface area is 92.7 Å². The number of carboxylic acids is 1. The van der Waals surface area contributed by atoms with Gasteiger partial charge in [-0.15, -0.1) is 0 Å². The first-order valence-corrected chi connectivity index (χ1v) is 4.75. The second kappa shape index (κ2) is 6.05. The van der Waals surface area contributed by atoms with Gasteiger partial charge >= 0.3 is 5.97 Å². The standard InChI is InChI=1S/C9H8F2O3.C2H6/c1-4-6(10)3-5(9(12)13)8(14-2)7(4)11;1-2/h3H,1-2H3,(H,12,13);1-2H3. The van der Waals surface area contributed by atoms with Gasteiger partial charge in [0.25, 0.3) is 0 Å². The summed E-state index contributed by atoms with van der Waals surface area (Å²) in [5.74, 6) is -3.76. The summed E-state index contributed by atoms with van der Waals surface area (Å²) in [6, 6.07) is 0.736. The van der Waals surface area contributed by atoms with Gasteiger partial charge < -0.3 is 9.84 Å². The molecule has 0 radical (unpaired) electrons. The molecule has 0 unspecified atom stereocenters. The summed E-state index contributed by atoms with van der Waals surface area (Å²) in [4.78, 5) is 10.6. The van der Waals surface area contributed by atoms with E-state index in [1.165, 1.54) is 6.92 Å². The molecule has 16 heavy (non-hydrogen) atoms. The van der Waals surface area contributed by atoms with Gasteiger partial charge in [0.05, 0.1) is 7.11 Å². The van der Waals surface area contributed by atoms with Crippen LogP contribution in [-0.2, 0) is 0 Å². The van der Waals surface area contributed by atoms with E-state index in [0.717, 1.165) is 13.2 Å². The van der Waals surface area contributed by atoms with E-state index in [2.05, 4.69) is 4.74 Å². The molecule has 0 atom stereocenters. The summed E-state index contributed by atoms with van der Waals surface area (Å²) in [6.45, 7) is 5.21. The minimum atomic E-state index is -1.43. The molecule has 0 amide bonds. The Morgan fingerprint density at radius 1 is 1.38 bits per heavy atom. The van der Waals surface area contributed by atoms with Crippen molar-refractivity contribution in [3.05, 3.63) is 28.8 Å². The number of rotatable bonds is 2. The molecule has 1 aromatic rings. The lowest BCUT2D eigenvalue weighted by Gasteiger charge is -2.08. The molecule has 1 aromatic carbocycles. The van der Waals surface area contributed by atoms with Crippen LogP contribution in [0.25, 0.3) is 0 Å². The van der Waals surface area contributed by atoms with Crippen LogP contribution in [0.5, 0.6) is 5.75 Å². The first kappa shape index (κ1) is 14.3. The predicted molar refractivity (Wildman–Crippen MR) is 56.0 cm³/mol. The molecule has 5 heteroatoms. The Bertz CT molecular complexity index is 389.